The first-order valence-corrected chi connectivity index (χ1v) is 12.2. The molecule has 0 unspecified atom stereocenters. The van der Waals surface area contributed by atoms with Crippen molar-refractivity contribution in [2.75, 3.05) is 31.5 Å². The van der Waals surface area contributed by atoms with Gasteiger partial charge in [-0.15, -0.1) is 10.2 Å². The lowest BCUT2D eigenvalue weighted by molar-refractivity contribution is -0.125. The maximum atomic E-state index is 12.6. The summed E-state index contributed by atoms with van der Waals surface area (Å²) in [4.78, 5) is 27.1. The van der Waals surface area contributed by atoms with Crippen LogP contribution in [0.4, 0.5) is 5.69 Å². The Kier molecular flexibility index (Phi) is 7.42. The third-order valence-corrected chi connectivity index (χ3v) is 6.76. The second-order valence-electron chi connectivity index (χ2n) is 9.61. The standard InChI is InChI=1S/C25H36N6O2/c1-17-12-18(2)24(19(3)13-17)27-22(32)14-26-23(33)16-30-10-7-8-20(15-30)25-29-28-21-9-5-4-6-11-31(21)25/h12-13,20H,4-11,14-16H2,1-3H3,(H,26,33)(H,27,32)/t20-/m1/s1. The van der Waals surface area contributed by atoms with Crippen LogP contribution >= 0.6 is 0 Å². The predicted octanol–water partition coefficient (Wildman–Crippen LogP) is 2.86. The minimum atomic E-state index is -0.207. The lowest BCUT2D eigenvalue weighted by atomic mass is 9.97. The molecule has 0 bridgehead atoms. The number of aromatic nitrogens is 3. The summed E-state index contributed by atoms with van der Waals surface area (Å²) in [6.07, 6.45) is 6.73. The van der Waals surface area contributed by atoms with E-state index in [0.717, 1.165) is 67.4 Å². The molecule has 8 heteroatoms. The van der Waals surface area contributed by atoms with Gasteiger partial charge in [0.25, 0.3) is 0 Å². The average Bonchev–Trinajstić information content (AvgIpc) is 3.03. The normalized spacial score (nSPS) is 18.9. The van der Waals surface area contributed by atoms with E-state index in [1.807, 2.05) is 32.9 Å². The average molecular weight is 453 g/mol. The highest BCUT2D eigenvalue weighted by molar-refractivity contribution is 5.96. The molecule has 0 saturated carbocycles. The van der Waals surface area contributed by atoms with Crippen molar-refractivity contribution in [3.05, 3.63) is 40.5 Å². The fourth-order valence-electron chi connectivity index (χ4n) is 5.22. The Bertz CT molecular complexity index is 991. The van der Waals surface area contributed by atoms with Crippen molar-refractivity contribution < 1.29 is 9.59 Å². The van der Waals surface area contributed by atoms with Crippen molar-refractivity contribution in [3.8, 4) is 0 Å². The number of nitrogens with one attached hydrogen (secondary N) is 2. The Hall–Kier alpha value is -2.74. The molecule has 2 aliphatic heterocycles. The molecule has 2 aromatic rings. The summed E-state index contributed by atoms with van der Waals surface area (Å²) >= 11 is 0. The smallest absolute Gasteiger partial charge is 0.243 e. The van der Waals surface area contributed by atoms with Crippen molar-refractivity contribution in [2.45, 2.75) is 71.8 Å². The fourth-order valence-corrected chi connectivity index (χ4v) is 5.22. The number of piperidine rings is 1. The maximum Gasteiger partial charge on any atom is 0.243 e. The van der Waals surface area contributed by atoms with Gasteiger partial charge in [-0.1, -0.05) is 24.1 Å². The van der Waals surface area contributed by atoms with E-state index in [0.29, 0.717) is 12.5 Å². The molecule has 2 aliphatic rings. The maximum absolute atomic E-state index is 12.6. The molecule has 1 atom stereocenters. The van der Waals surface area contributed by atoms with Gasteiger partial charge in [0, 0.05) is 31.1 Å². The van der Waals surface area contributed by atoms with Gasteiger partial charge in [-0.05, 0) is 64.1 Å². The number of amides is 2. The number of benzene rings is 1. The van der Waals surface area contributed by atoms with E-state index in [-0.39, 0.29) is 18.4 Å². The summed E-state index contributed by atoms with van der Waals surface area (Å²) in [5, 5.41) is 14.7. The molecule has 4 rings (SSSR count). The summed E-state index contributed by atoms with van der Waals surface area (Å²) < 4.78 is 2.32. The Morgan fingerprint density at radius 1 is 1.00 bits per heavy atom. The number of aryl methyl sites for hydroxylation is 4. The van der Waals surface area contributed by atoms with E-state index >= 15 is 0 Å². The van der Waals surface area contributed by atoms with Crippen LogP contribution in [-0.4, -0.2) is 57.7 Å². The molecule has 2 N–H and O–H groups in total. The Morgan fingerprint density at radius 3 is 2.58 bits per heavy atom. The molecule has 1 aromatic carbocycles. The van der Waals surface area contributed by atoms with Crippen molar-refractivity contribution in [1.82, 2.24) is 25.0 Å². The van der Waals surface area contributed by atoms with Gasteiger partial charge in [-0.25, -0.2) is 0 Å². The molecule has 1 saturated heterocycles. The number of fused-ring (bicyclic) bond motifs is 1. The zero-order chi connectivity index (χ0) is 23.4. The molecule has 3 heterocycles. The molecular weight excluding hydrogens is 416 g/mol. The van der Waals surface area contributed by atoms with Crippen molar-refractivity contribution in [3.63, 3.8) is 0 Å². The molecule has 1 aromatic heterocycles. The van der Waals surface area contributed by atoms with Gasteiger partial charge < -0.3 is 15.2 Å². The zero-order valence-corrected chi connectivity index (χ0v) is 20.1. The number of likely N-dealkylation sites (tertiary alicyclic amines) is 1. The SMILES string of the molecule is Cc1cc(C)c(NC(=O)CNC(=O)CN2CCC[C@@H](c3nnc4n3CCCCC4)C2)c(C)c1. The van der Waals surface area contributed by atoms with Gasteiger partial charge in [-0.2, -0.15) is 0 Å². The van der Waals surface area contributed by atoms with Crippen LogP contribution in [0.25, 0.3) is 0 Å². The van der Waals surface area contributed by atoms with Crippen molar-refractivity contribution >= 4 is 17.5 Å². The van der Waals surface area contributed by atoms with Crippen LogP contribution in [0.2, 0.25) is 0 Å². The Labute approximate surface area is 196 Å². The molecule has 33 heavy (non-hydrogen) atoms. The molecule has 1 fully saturated rings. The first-order valence-electron chi connectivity index (χ1n) is 12.2. The lowest BCUT2D eigenvalue weighted by Gasteiger charge is -2.31. The highest BCUT2D eigenvalue weighted by Gasteiger charge is 2.28. The van der Waals surface area contributed by atoms with Gasteiger partial charge in [0.15, 0.2) is 0 Å². The number of hydrogen-bond acceptors (Lipinski definition) is 5. The van der Waals surface area contributed by atoms with Crippen molar-refractivity contribution in [1.29, 1.82) is 0 Å². The second kappa shape index (κ2) is 10.5. The Morgan fingerprint density at radius 2 is 1.79 bits per heavy atom. The third kappa shape index (κ3) is 5.79. The highest BCUT2D eigenvalue weighted by atomic mass is 16.2. The van der Waals surface area contributed by atoms with E-state index in [9.17, 15) is 9.59 Å². The summed E-state index contributed by atoms with van der Waals surface area (Å²) in [6, 6.07) is 4.09. The van der Waals surface area contributed by atoms with Crippen LogP contribution in [0.3, 0.4) is 0 Å². The number of carbonyl (C=O) groups is 2. The molecule has 178 valence electrons. The third-order valence-electron chi connectivity index (χ3n) is 6.76. The number of anilines is 1. The van der Waals surface area contributed by atoms with Crippen LogP contribution in [0, 0.1) is 20.8 Å². The fraction of sp³-hybridized carbons (Fsp3) is 0.600. The van der Waals surface area contributed by atoms with E-state index < -0.39 is 0 Å². The number of nitrogens with zero attached hydrogens (tertiary/aromatic N) is 4. The highest BCUT2D eigenvalue weighted by Crippen LogP contribution is 2.28. The summed E-state index contributed by atoms with van der Waals surface area (Å²) in [6.45, 7) is 8.97. The van der Waals surface area contributed by atoms with E-state index in [1.165, 1.54) is 24.8 Å². The number of carbonyl (C=O) groups excluding carboxylic acids is 2. The van der Waals surface area contributed by atoms with Gasteiger partial charge >= 0.3 is 0 Å². The largest absolute Gasteiger partial charge is 0.346 e. The monoisotopic (exact) mass is 452 g/mol. The summed E-state index contributed by atoms with van der Waals surface area (Å²) in [7, 11) is 0. The van der Waals surface area contributed by atoms with Gasteiger partial charge in [0.1, 0.15) is 11.6 Å². The summed E-state index contributed by atoms with van der Waals surface area (Å²) in [5.41, 5.74) is 4.04. The van der Waals surface area contributed by atoms with Gasteiger partial charge in [-0.3, -0.25) is 14.5 Å². The van der Waals surface area contributed by atoms with Crippen LogP contribution in [0.15, 0.2) is 12.1 Å². The molecule has 8 nitrogen and oxygen atoms in total. The van der Waals surface area contributed by atoms with E-state index in [2.05, 4.69) is 30.3 Å². The second-order valence-corrected chi connectivity index (χ2v) is 9.61. The molecule has 0 radical (unpaired) electrons. The first kappa shape index (κ1) is 23.4. The molecule has 0 spiro atoms. The van der Waals surface area contributed by atoms with Crippen molar-refractivity contribution in [2.24, 2.45) is 0 Å². The number of rotatable bonds is 6. The van der Waals surface area contributed by atoms with Crippen LogP contribution in [0.5, 0.6) is 0 Å². The van der Waals surface area contributed by atoms with E-state index in [4.69, 9.17) is 0 Å². The first-order chi connectivity index (χ1) is 15.9. The molecular formula is C25H36N6O2. The quantitative estimate of drug-likeness (QED) is 0.703. The zero-order valence-electron chi connectivity index (χ0n) is 20.1. The lowest BCUT2D eigenvalue weighted by Crippen LogP contribution is -2.44. The molecule has 2 amide bonds. The van der Waals surface area contributed by atoms with Gasteiger partial charge in [0.2, 0.25) is 11.8 Å². The van der Waals surface area contributed by atoms with Crippen LogP contribution in [-0.2, 0) is 22.6 Å². The van der Waals surface area contributed by atoms with Crippen LogP contribution < -0.4 is 10.6 Å². The molecule has 0 aliphatic carbocycles. The summed E-state index contributed by atoms with van der Waals surface area (Å²) in [5.74, 6) is 2.17. The van der Waals surface area contributed by atoms with Gasteiger partial charge in [0.05, 0.1) is 13.1 Å². The number of hydrogen-bond donors (Lipinski definition) is 2. The van der Waals surface area contributed by atoms with Crippen LogP contribution in [0.1, 0.15) is 66.4 Å². The topological polar surface area (TPSA) is 92.2 Å². The predicted molar refractivity (Wildman–Crippen MR) is 128 cm³/mol. The Balaban J connectivity index is 1.28. The van der Waals surface area contributed by atoms with E-state index in [1.54, 1.807) is 0 Å². The minimum absolute atomic E-state index is 0.0272. The minimum Gasteiger partial charge on any atom is -0.346 e.